The second-order valence-electron chi connectivity index (χ2n) is 9.35. The molecular formula is C24H32N6O2. The lowest BCUT2D eigenvalue weighted by molar-refractivity contribution is -0.133. The van der Waals surface area contributed by atoms with Crippen LogP contribution < -0.4 is 15.4 Å². The number of para-hydroxylation sites is 1. The highest BCUT2D eigenvalue weighted by Gasteiger charge is 2.42. The quantitative estimate of drug-likeness (QED) is 0.720. The first-order valence-corrected chi connectivity index (χ1v) is 11.7. The summed E-state index contributed by atoms with van der Waals surface area (Å²) in [6.07, 6.45) is 2.86. The average molecular weight is 437 g/mol. The number of hydrogen-bond donors (Lipinski definition) is 0. The Labute approximate surface area is 189 Å². The zero-order chi connectivity index (χ0) is 22.2. The summed E-state index contributed by atoms with van der Waals surface area (Å²) in [6, 6.07) is 9.59. The van der Waals surface area contributed by atoms with E-state index in [1.54, 1.807) is 0 Å². The van der Waals surface area contributed by atoms with Gasteiger partial charge in [0.15, 0.2) is 0 Å². The van der Waals surface area contributed by atoms with E-state index in [2.05, 4.69) is 33.8 Å². The number of rotatable bonds is 4. The van der Waals surface area contributed by atoms with Crippen LogP contribution in [0, 0.1) is 11.8 Å². The molecule has 2 atom stereocenters. The lowest BCUT2D eigenvalue weighted by atomic mass is 10.2. The second-order valence-corrected chi connectivity index (χ2v) is 9.35. The third-order valence-corrected chi connectivity index (χ3v) is 7.11. The van der Waals surface area contributed by atoms with Crippen LogP contribution in [0.15, 0.2) is 41.3 Å². The molecule has 32 heavy (non-hydrogen) atoms. The van der Waals surface area contributed by atoms with Gasteiger partial charge in [0.05, 0.1) is 17.6 Å². The molecule has 1 aromatic carbocycles. The largest absolute Gasteiger partial charge is 0.365 e. The summed E-state index contributed by atoms with van der Waals surface area (Å²) < 4.78 is 1.51. The maximum Gasteiger partial charge on any atom is 0.297 e. The smallest absolute Gasteiger partial charge is 0.297 e. The van der Waals surface area contributed by atoms with Crippen molar-refractivity contribution in [3.05, 3.63) is 46.9 Å². The van der Waals surface area contributed by atoms with Crippen molar-refractivity contribution in [3.63, 3.8) is 0 Å². The molecule has 2 aliphatic heterocycles. The molecule has 1 amide bonds. The molecule has 2 aromatic rings. The summed E-state index contributed by atoms with van der Waals surface area (Å²) in [4.78, 5) is 35.0. The molecule has 170 valence electrons. The molecule has 1 aromatic heterocycles. The summed E-state index contributed by atoms with van der Waals surface area (Å²) in [5.41, 5.74) is 2.31. The van der Waals surface area contributed by atoms with E-state index in [0.29, 0.717) is 24.9 Å². The van der Waals surface area contributed by atoms with Gasteiger partial charge in [0.25, 0.3) is 5.56 Å². The van der Waals surface area contributed by atoms with Gasteiger partial charge in [-0.2, -0.15) is 9.78 Å². The second kappa shape index (κ2) is 8.58. The van der Waals surface area contributed by atoms with Crippen LogP contribution in [0.1, 0.15) is 13.3 Å². The molecule has 2 saturated heterocycles. The van der Waals surface area contributed by atoms with Crippen LogP contribution >= 0.6 is 0 Å². The normalized spacial score (nSPS) is 24.0. The van der Waals surface area contributed by atoms with Gasteiger partial charge in [0.1, 0.15) is 5.69 Å². The van der Waals surface area contributed by atoms with E-state index in [9.17, 15) is 9.59 Å². The van der Waals surface area contributed by atoms with Gasteiger partial charge >= 0.3 is 0 Å². The van der Waals surface area contributed by atoms with E-state index in [1.807, 2.05) is 41.4 Å². The molecular weight excluding hydrogens is 404 g/mol. The van der Waals surface area contributed by atoms with Crippen molar-refractivity contribution in [2.45, 2.75) is 13.3 Å². The Kier molecular flexibility index (Phi) is 5.63. The van der Waals surface area contributed by atoms with Gasteiger partial charge in [-0.1, -0.05) is 25.1 Å². The molecule has 0 bridgehead atoms. The first-order valence-electron chi connectivity index (χ1n) is 11.7. The maximum atomic E-state index is 13.7. The number of carbonyl (C=O) groups excluding carboxylic acids is 1. The van der Waals surface area contributed by atoms with Crippen molar-refractivity contribution in [3.8, 4) is 5.69 Å². The Morgan fingerprint density at radius 1 is 0.938 bits per heavy atom. The third kappa shape index (κ3) is 3.99. The van der Waals surface area contributed by atoms with Crippen molar-refractivity contribution >= 4 is 17.3 Å². The Morgan fingerprint density at radius 3 is 2.19 bits per heavy atom. The zero-order valence-corrected chi connectivity index (χ0v) is 19.0. The number of likely N-dealkylation sites (N-methyl/N-ethyl adjacent to an activating group) is 1. The molecule has 8 nitrogen and oxygen atoms in total. The van der Waals surface area contributed by atoms with Gasteiger partial charge in [-0.05, 0) is 31.5 Å². The summed E-state index contributed by atoms with van der Waals surface area (Å²) in [6.45, 7) is 8.48. The Morgan fingerprint density at radius 2 is 1.56 bits per heavy atom. The molecule has 1 aliphatic carbocycles. The molecule has 0 N–H and O–H groups in total. The predicted octanol–water partition coefficient (Wildman–Crippen LogP) is 1.29. The van der Waals surface area contributed by atoms with E-state index >= 15 is 0 Å². The van der Waals surface area contributed by atoms with Gasteiger partial charge in [-0.25, -0.2) is 0 Å². The van der Waals surface area contributed by atoms with Crippen molar-refractivity contribution in [2.75, 3.05) is 69.2 Å². The molecule has 3 heterocycles. The lowest BCUT2D eigenvalue weighted by Gasteiger charge is -2.39. The first-order chi connectivity index (χ1) is 15.5. The number of aromatic nitrogens is 2. The van der Waals surface area contributed by atoms with Crippen molar-refractivity contribution in [2.24, 2.45) is 11.8 Å². The molecule has 8 heteroatoms. The van der Waals surface area contributed by atoms with Crippen molar-refractivity contribution in [1.29, 1.82) is 0 Å². The molecule has 2 unspecified atom stereocenters. The number of amides is 1. The highest BCUT2D eigenvalue weighted by atomic mass is 16.2. The fraction of sp³-hybridized carbons (Fsp3) is 0.542. The minimum atomic E-state index is -0.0800. The third-order valence-electron chi connectivity index (χ3n) is 7.11. The van der Waals surface area contributed by atoms with Crippen LogP contribution in [0.25, 0.3) is 5.69 Å². The number of carbonyl (C=O) groups is 1. The topological polar surface area (TPSA) is 64.9 Å². The first kappa shape index (κ1) is 21.0. The summed E-state index contributed by atoms with van der Waals surface area (Å²) in [5, 5.41) is 4.54. The van der Waals surface area contributed by atoms with Crippen LogP contribution in [0.4, 0.5) is 11.4 Å². The monoisotopic (exact) mass is 436 g/mol. The molecule has 3 fully saturated rings. The minimum Gasteiger partial charge on any atom is -0.365 e. The number of benzene rings is 1. The Balaban J connectivity index is 1.43. The Bertz CT molecular complexity index is 1020. The number of anilines is 2. The van der Waals surface area contributed by atoms with Crippen LogP contribution in [0.2, 0.25) is 0 Å². The van der Waals surface area contributed by atoms with Gasteiger partial charge in [-0.15, -0.1) is 0 Å². The summed E-state index contributed by atoms with van der Waals surface area (Å²) >= 11 is 0. The molecule has 5 rings (SSSR count). The highest BCUT2D eigenvalue weighted by molar-refractivity contribution is 5.82. The average Bonchev–Trinajstić information content (AvgIpc) is 3.56. The number of nitrogens with zero attached hydrogens (tertiary/aromatic N) is 6. The van der Waals surface area contributed by atoms with Gasteiger partial charge < -0.3 is 19.6 Å². The SMILES string of the molecule is CC1CC1C(=O)N1CCN(c2cnn(-c3ccccc3)c(=O)c2N2CCN(C)CC2)CC1. The zero-order valence-electron chi connectivity index (χ0n) is 19.0. The van der Waals surface area contributed by atoms with Gasteiger partial charge in [0.2, 0.25) is 5.91 Å². The summed E-state index contributed by atoms with van der Waals surface area (Å²) in [5.74, 6) is 1.05. The number of hydrogen-bond acceptors (Lipinski definition) is 6. The van der Waals surface area contributed by atoms with Crippen LogP contribution in [-0.2, 0) is 4.79 Å². The van der Waals surface area contributed by atoms with Crippen molar-refractivity contribution in [1.82, 2.24) is 19.6 Å². The van der Waals surface area contributed by atoms with E-state index < -0.39 is 0 Å². The fourth-order valence-electron chi connectivity index (χ4n) is 4.82. The molecule has 0 spiro atoms. The fourth-order valence-corrected chi connectivity index (χ4v) is 4.82. The van der Waals surface area contributed by atoms with E-state index in [1.165, 1.54) is 4.68 Å². The van der Waals surface area contributed by atoms with E-state index in [-0.39, 0.29) is 11.5 Å². The van der Waals surface area contributed by atoms with Gasteiger partial charge in [0, 0.05) is 58.3 Å². The maximum absolute atomic E-state index is 13.7. The number of piperazine rings is 2. The molecule has 0 radical (unpaired) electrons. The highest BCUT2D eigenvalue weighted by Crippen LogP contribution is 2.39. The van der Waals surface area contributed by atoms with E-state index in [4.69, 9.17) is 0 Å². The summed E-state index contributed by atoms with van der Waals surface area (Å²) in [7, 11) is 2.12. The van der Waals surface area contributed by atoms with E-state index in [0.717, 1.165) is 62.8 Å². The van der Waals surface area contributed by atoms with Crippen LogP contribution in [-0.4, -0.2) is 84.9 Å². The van der Waals surface area contributed by atoms with Crippen LogP contribution in [0.3, 0.4) is 0 Å². The molecule has 3 aliphatic rings. The Hall–Kier alpha value is -2.87. The predicted molar refractivity (Wildman–Crippen MR) is 126 cm³/mol. The lowest BCUT2D eigenvalue weighted by Crippen LogP contribution is -2.51. The standard InChI is InChI=1S/C24H32N6O2/c1-18-16-20(18)23(31)29-14-12-27(13-15-29)21-17-25-30(19-6-4-3-5-7-19)24(32)22(21)28-10-8-26(2)9-11-28/h3-7,17-18,20H,8-16H2,1-2H3. The van der Waals surface area contributed by atoms with Crippen LogP contribution in [0.5, 0.6) is 0 Å². The van der Waals surface area contributed by atoms with Crippen molar-refractivity contribution < 1.29 is 4.79 Å². The van der Waals surface area contributed by atoms with Gasteiger partial charge in [-0.3, -0.25) is 9.59 Å². The molecule has 1 saturated carbocycles. The minimum absolute atomic E-state index is 0.0800.